The van der Waals surface area contributed by atoms with Crippen molar-refractivity contribution < 1.29 is 9.52 Å². The molecule has 4 aromatic rings. The summed E-state index contributed by atoms with van der Waals surface area (Å²) in [7, 11) is 0. The van der Waals surface area contributed by atoms with Crippen molar-refractivity contribution in [3.63, 3.8) is 0 Å². The summed E-state index contributed by atoms with van der Waals surface area (Å²) in [4.78, 5) is 21.3. The van der Waals surface area contributed by atoms with E-state index in [0.717, 1.165) is 39.8 Å². The number of nitrogens with zero attached hydrogens (tertiary/aromatic N) is 4. The van der Waals surface area contributed by atoms with Crippen LogP contribution in [-0.2, 0) is 0 Å². The minimum absolute atomic E-state index is 0.00576. The molecule has 1 saturated heterocycles. The lowest BCUT2D eigenvalue weighted by Crippen LogP contribution is -2.48. The molecule has 1 aliphatic heterocycles. The number of aromatic nitrogens is 2. The van der Waals surface area contributed by atoms with E-state index in [-0.39, 0.29) is 5.91 Å². The highest BCUT2D eigenvalue weighted by molar-refractivity contribution is 5.95. The Morgan fingerprint density at radius 1 is 0.969 bits per heavy atom. The number of benzene rings is 2. The Morgan fingerprint density at radius 3 is 2.50 bits per heavy atom. The molecule has 1 amide bonds. The van der Waals surface area contributed by atoms with E-state index in [9.17, 15) is 10.0 Å². The summed E-state index contributed by atoms with van der Waals surface area (Å²) >= 11 is 0. The highest BCUT2D eigenvalue weighted by Gasteiger charge is 2.23. The van der Waals surface area contributed by atoms with Gasteiger partial charge in [-0.25, -0.2) is 4.98 Å². The smallest absolute Gasteiger partial charge is 0.253 e. The highest BCUT2D eigenvalue weighted by Crippen LogP contribution is 2.26. The molecular weight excluding hydrogens is 402 g/mol. The first kappa shape index (κ1) is 19.8. The number of pyridine rings is 2. The van der Waals surface area contributed by atoms with Crippen LogP contribution in [0.15, 0.2) is 79.1 Å². The molecule has 0 bridgehead atoms. The minimum Gasteiger partial charge on any atom is -0.618 e. The van der Waals surface area contributed by atoms with Crippen molar-refractivity contribution in [3.8, 4) is 11.3 Å². The van der Waals surface area contributed by atoms with E-state index in [2.05, 4.69) is 28.1 Å². The Labute approximate surface area is 185 Å². The van der Waals surface area contributed by atoms with Gasteiger partial charge in [-0.05, 0) is 53.9 Å². The summed E-state index contributed by atoms with van der Waals surface area (Å²) in [5, 5.41) is 14.0. The summed E-state index contributed by atoms with van der Waals surface area (Å²) in [5.41, 5.74) is 9.09. The van der Waals surface area contributed by atoms with Crippen LogP contribution in [-0.4, -0.2) is 42.0 Å². The third-order valence-electron chi connectivity index (χ3n) is 5.96. The Morgan fingerprint density at radius 2 is 1.75 bits per heavy atom. The molecule has 160 valence electrons. The summed E-state index contributed by atoms with van der Waals surface area (Å²) in [6.45, 7) is 2.77. The van der Waals surface area contributed by atoms with Gasteiger partial charge in [0.1, 0.15) is 5.82 Å². The number of carbonyl (C=O) groups excluding carboxylic acids is 1. The van der Waals surface area contributed by atoms with Crippen LogP contribution >= 0.6 is 0 Å². The molecule has 7 nitrogen and oxygen atoms in total. The van der Waals surface area contributed by atoms with Crippen LogP contribution in [0.25, 0.3) is 22.0 Å². The monoisotopic (exact) mass is 425 g/mol. The number of nitrogen functional groups attached to an aromatic ring is 1. The molecule has 1 fully saturated rings. The summed E-state index contributed by atoms with van der Waals surface area (Å²) in [6, 6.07) is 20.7. The molecule has 0 radical (unpaired) electrons. The normalized spacial score (nSPS) is 14.0. The van der Waals surface area contributed by atoms with E-state index in [0.29, 0.717) is 30.2 Å². The first-order valence-corrected chi connectivity index (χ1v) is 10.6. The second-order valence-corrected chi connectivity index (χ2v) is 7.87. The van der Waals surface area contributed by atoms with Crippen LogP contribution in [0.4, 0.5) is 11.5 Å². The fourth-order valence-electron chi connectivity index (χ4n) is 4.16. The van der Waals surface area contributed by atoms with Crippen molar-refractivity contribution in [1.82, 2.24) is 9.88 Å². The Bertz CT molecular complexity index is 1280. The fraction of sp³-hybridized carbons (Fsp3) is 0.160. The molecule has 0 aliphatic carbocycles. The highest BCUT2D eigenvalue weighted by atomic mass is 16.5. The second kappa shape index (κ2) is 8.19. The minimum atomic E-state index is 0.00576. The quantitative estimate of drug-likeness (QED) is 0.402. The topological polar surface area (TPSA) is 89.4 Å². The molecular formula is C25H23N5O2. The Hall–Kier alpha value is -4.13. The van der Waals surface area contributed by atoms with Gasteiger partial charge in [-0.15, -0.1) is 0 Å². The van der Waals surface area contributed by atoms with E-state index in [1.807, 2.05) is 29.2 Å². The van der Waals surface area contributed by atoms with Crippen molar-refractivity contribution >= 4 is 28.2 Å². The molecule has 0 saturated carbocycles. The van der Waals surface area contributed by atoms with Crippen molar-refractivity contribution in [2.24, 2.45) is 0 Å². The number of amides is 1. The Kier molecular flexibility index (Phi) is 5.07. The van der Waals surface area contributed by atoms with Crippen molar-refractivity contribution in [2.45, 2.75) is 0 Å². The zero-order valence-corrected chi connectivity index (χ0v) is 17.5. The van der Waals surface area contributed by atoms with E-state index >= 15 is 0 Å². The number of hydrogen-bond donors (Lipinski definition) is 1. The summed E-state index contributed by atoms with van der Waals surface area (Å²) in [6.07, 6.45) is 3.18. The van der Waals surface area contributed by atoms with Gasteiger partial charge in [0.2, 0.25) is 5.69 Å². The van der Waals surface area contributed by atoms with Crippen LogP contribution in [0.2, 0.25) is 0 Å². The van der Waals surface area contributed by atoms with Gasteiger partial charge in [0.05, 0.1) is 0 Å². The summed E-state index contributed by atoms with van der Waals surface area (Å²) < 4.78 is 0.826. The number of rotatable bonds is 3. The molecule has 2 aromatic heterocycles. The van der Waals surface area contributed by atoms with Crippen LogP contribution < -0.4 is 15.4 Å². The van der Waals surface area contributed by atoms with E-state index in [1.165, 1.54) is 6.20 Å². The third kappa shape index (κ3) is 3.69. The second-order valence-electron chi connectivity index (χ2n) is 7.87. The fourth-order valence-corrected chi connectivity index (χ4v) is 4.16. The molecule has 0 atom stereocenters. The maximum atomic E-state index is 13.0. The first-order chi connectivity index (χ1) is 15.6. The lowest BCUT2D eigenvalue weighted by molar-refractivity contribution is -0.593. The number of carbonyl (C=O) groups is 1. The van der Waals surface area contributed by atoms with Crippen molar-refractivity contribution in [1.29, 1.82) is 0 Å². The lowest BCUT2D eigenvalue weighted by atomic mass is 10.1. The third-order valence-corrected chi connectivity index (χ3v) is 5.96. The average molecular weight is 425 g/mol. The summed E-state index contributed by atoms with van der Waals surface area (Å²) in [5.74, 6) is 0.533. The lowest BCUT2D eigenvalue weighted by Gasteiger charge is -2.36. The van der Waals surface area contributed by atoms with Crippen LogP contribution in [0.5, 0.6) is 0 Å². The predicted molar refractivity (Wildman–Crippen MR) is 125 cm³/mol. The number of anilines is 2. The van der Waals surface area contributed by atoms with E-state index in [1.54, 1.807) is 30.5 Å². The molecule has 0 unspecified atom stereocenters. The van der Waals surface area contributed by atoms with Gasteiger partial charge in [0.25, 0.3) is 5.91 Å². The number of nitrogens with two attached hydrogens (primary N) is 1. The van der Waals surface area contributed by atoms with Gasteiger partial charge in [0, 0.05) is 66.7 Å². The van der Waals surface area contributed by atoms with Gasteiger partial charge < -0.3 is 20.7 Å². The van der Waals surface area contributed by atoms with Gasteiger partial charge >= 0.3 is 0 Å². The molecule has 2 N–H and O–H groups in total. The van der Waals surface area contributed by atoms with E-state index < -0.39 is 0 Å². The van der Waals surface area contributed by atoms with Crippen LogP contribution in [0.3, 0.4) is 0 Å². The van der Waals surface area contributed by atoms with Gasteiger partial charge in [-0.1, -0.05) is 6.07 Å². The molecule has 3 heterocycles. The van der Waals surface area contributed by atoms with Crippen LogP contribution in [0.1, 0.15) is 10.4 Å². The standard InChI is InChI=1S/C25H23N5O2/c26-24-22-17-21(9-8-18(22)10-11-27-24)28-13-15-29(16-14-28)25(31)20-6-4-19(5-7-20)23-3-1-2-12-30(23)32/h1-12,17H,13-16H2,(H2,26,27). The van der Waals surface area contributed by atoms with Gasteiger partial charge in [-0.2, -0.15) is 4.73 Å². The van der Waals surface area contributed by atoms with E-state index in [4.69, 9.17) is 5.73 Å². The molecule has 7 heteroatoms. The molecule has 5 rings (SSSR count). The molecule has 1 aliphatic rings. The number of hydrogen-bond acceptors (Lipinski definition) is 5. The SMILES string of the molecule is Nc1nccc2ccc(N3CCN(C(=O)c4ccc(-c5cccc[n+]5[O-])cc4)CC3)cc12. The molecule has 32 heavy (non-hydrogen) atoms. The predicted octanol–water partition coefficient (Wildman–Crippen LogP) is 3.08. The molecule has 2 aromatic carbocycles. The van der Waals surface area contributed by atoms with Crippen molar-refractivity contribution in [3.05, 3.63) is 89.9 Å². The maximum Gasteiger partial charge on any atom is 0.253 e. The van der Waals surface area contributed by atoms with Gasteiger partial charge in [0.15, 0.2) is 6.20 Å². The Balaban J connectivity index is 1.27. The molecule has 0 spiro atoms. The zero-order chi connectivity index (χ0) is 22.1. The zero-order valence-electron chi connectivity index (χ0n) is 17.5. The largest absolute Gasteiger partial charge is 0.618 e. The van der Waals surface area contributed by atoms with Crippen molar-refractivity contribution in [2.75, 3.05) is 36.8 Å². The first-order valence-electron chi connectivity index (χ1n) is 10.6. The number of piperazine rings is 1. The average Bonchev–Trinajstić information content (AvgIpc) is 2.84. The maximum absolute atomic E-state index is 13.0. The van der Waals surface area contributed by atoms with Crippen LogP contribution in [0, 0.1) is 5.21 Å². The number of fused-ring (bicyclic) bond motifs is 1. The van der Waals surface area contributed by atoms with Gasteiger partial charge in [-0.3, -0.25) is 4.79 Å².